The van der Waals surface area contributed by atoms with Crippen LogP contribution in [0.4, 0.5) is 5.82 Å². The summed E-state index contributed by atoms with van der Waals surface area (Å²) in [7, 11) is 0. The van der Waals surface area contributed by atoms with E-state index in [9.17, 15) is 0 Å². The SMILES string of the molecule is CCCOCCCNc1ncnc2ccccc12. The molecule has 1 aromatic carbocycles. The number of nitrogens with one attached hydrogen (secondary N) is 1. The highest BCUT2D eigenvalue weighted by Crippen LogP contribution is 2.17. The molecule has 4 heteroatoms. The van der Waals surface area contributed by atoms with Gasteiger partial charge in [-0.1, -0.05) is 19.1 Å². The third-order valence-corrected chi connectivity index (χ3v) is 2.65. The zero-order valence-electron chi connectivity index (χ0n) is 10.7. The maximum atomic E-state index is 5.44. The second-order valence-corrected chi connectivity index (χ2v) is 4.13. The summed E-state index contributed by atoms with van der Waals surface area (Å²) in [5, 5.41) is 4.40. The molecule has 18 heavy (non-hydrogen) atoms. The number of anilines is 1. The highest BCUT2D eigenvalue weighted by atomic mass is 16.5. The number of fused-ring (bicyclic) bond motifs is 1. The summed E-state index contributed by atoms with van der Waals surface area (Å²) in [5.41, 5.74) is 0.970. The van der Waals surface area contributed by atoms with Crippen molar-refractivity contribution in [2.75, 3.05) is 25.1 Å². The molecule has 0 atom stereocenters. The van der Waals surface area contributed by atoms with Crippen LogP contribution in [0.2, 0.25) is 0 Å². The molecule has 0 aliphatic rings. The highest BCUT2D eigenvalue weighted by Gasteiger charge is 2.01. The van der Waals surface area contributed by atoms with E-state index < -0.39 is 0 Å². The normalized spacial score (nSPS) is 10.7. The summed E-state index contributed by atoms with van der Waals surface area (Å²) in [6, 6.07) is 8.01. The lowest BCUT2D eigenvalue weighted by Crippen LogP contribution is -2.07. The summed E-state index contributed by atoms with van der Waals surface area (Å²) in [5.74, 6) is 0.899. The number of hydrogen-bond donors (Lipinski definition) is 1. The largest absolute Gasteiger partial charge is 0.381 e. The summed E-state index contributed by atoms with van der Waals surface area (Å²) >= 11 is 0. The van der Waals surface area contributed by atoms with Crippen molar-refractivity contribution in [3.05, 3.63) is 30.6 Å². The zero-order chi connectivity index (χ0) is 12.6. The topological polar surface area (TPSA) is 47.0 Å². The summed E-state index contributed by atoms with van der Waals surface area (Å²) < 4.78 is 5.44. The molecule has 0 aliphatic heterocycles. The zero-order valence-corrected chi connectivity index (χ0v) is 10.7. The molecule has 0 saturated heterocycles. The maximum Gasteiger partial charge on any atom is 0.137 e. The van der Waals surface area contributed by atoms with Gasteiger partial charge in [-0.2, -0.15) is 0 Å². The Kier molecular flexibility index (Phi) is 4.90. The number of rotatable bonds is 7. The van der Waals surface area contributed by atoms with E-state index >= 15 is 0 Å². The second kappa shape index (κ2) is 6.91. The number of benzene rings is 1. The number of ether oxygens (including phenoxy) is 1. The lowest BCUT2D eigenvalue weighted by Gasteiger charge is -2.08. The molecule has 96 valence electrons. The molecule has 0 fully saturated rings. The quantitative estimate of drug-likeness (QED) is 0.762. The fraction of sp³-hybridized carbons (Fsp3) is 0.429. The van der Waals surface area contributed by atoms with E-state index in [0.717, 1.165) is 49.3 Å². The standard InChI is InChI=1S/C14H19N3O/c1-2-9-18-10-5-8-15-14-12-6-3-4-7-13(12)16-11-17-14/h3-4,6-7,11H,2,5,8-10H2,1H3,(H,15,16,17). The van der Waals surface area contributed by atoms with Crippen molar-refractivity contribution in [3.63, 3.8) is 0 Å². The minimum Gasteiger partial charge on any atom is -0.381 e. The van der Waals surface area contributed by atoms with E-state index in [1.165, 1.54) is 0 Å². The second-order valence-electron chi connectivity index (χ2n) is 4.13. The van der Waals surface area contributed by atoms with Crippen molar-refractivity contribution in [1.29, 1.82) is 0 Å². The number of nitrogens with zero attached hydrogens (tertiary/aromatic N) is 2. The fourth-order valence-corrected chi connectivity index (χ4v) is 1.77. The molecule has 0 bridgehead atoms. The van der Waals surface area contributed by atoms with Gasteiger partial charge in [0, 0.05) is 25.1 Å². The molecule has 1 N–H and O–H groups in total. The van der Waals surface area contributed by atoms with Gasteiger partial charge in [-0.3, -0.25) is 0 Å². The molecule has 4 nitrogen and oxygen atoms in total. The first-order valence-corrected chi connectivity index (χ1v) is 6.43. The van der Waals surface area contributed by atoms with Gasteiger partial charge in [-0.15, -0.1) is 0 Å². The van der Waals surface area contributed by atoms with Gasteiger partial charge in [0.1, 0.15) is 12.1 Å². The van der Waals surface area contributed by atoms with Crippen LogP contribution < -0.4 is 5.32 Å². The van der Waals surface area contributed by atoms with Crippen LogP contribution in [0, 0.1) is 0 Å². The first-order chi connectivity index (χ1) is 8.92. The first-order valence-electron chi connectivity index (χ1n) is 6.43. The van der Waals surface area contributed by atoms with Crippen LogP contribution in [-0.4, -0.2) is 29.7 Å². The average Bonchev–Trinajstić information content (AvgIpc) is 2.43. The molecule has 0 aliphatic carbocycles. The molecule has 2 aromatic rings. The van der Waals surface area contributed by atoms with Gasteiger partial charge < -0.3 is 10.1 Å². The van der Waals surface area contributed by atoms with Gasteiger partial charge in [0.05, 0.1) is 5.52 Å². The molecular weight excluding hydrogens is 226 g/mol. The minimum absolute atomic E-state index is 0.795. The average molecular weight is 245 g/mol. The summed E-state index contributed by atoms with van der Waals surface area (Å²) in [6.07, 6.45) is 3.65. The van der Waals surface area contributed by atoms with Crippen LogP contribution in [0.3, 0.4) is 0 Å². The summed E-state index contributed by atoms with van der Waals surface area (Å²) in [4.78, 5) is 8.51. The van der Waals surface area contributed by atoms with Crippen molar-refractivity contribution in [2.45, 2.75) is 19.8 Å². The van der Waals surface area contributed by atoms with E-state index in [4.69, 9.17) is 4.74 Å². The Bertz CT molecular complexity index is 482. The fourth-order valence-electron chi connectivity index (χ4n) is 1.77. The predicted molar refractivity (Wildman–Crippen MR) is 73.8 cm³/mol. The lowest BCUT2D eigenvalue weighted by atomic mass is 10.2. The lowest BCUT2D eigenvalue weighted by molar-refractivity contribution is 0.134. The first kappa shape index (κ1) is 12.8. The van der Waals surface area contributed by atoms with Gasteiger partial charge in [0.15, 0.2) is 0 Å². The third-order valence-electron chi connectivity index (χ3n) is 2.65. The van der Waals surface area contributed by atoms with Crippen molar-refractivity contribution in [3.8, 4) is 0 Å². The Morgan fingerprint density at radius 1 is 1.17 bits per heavy atom. The molecule has 0 amide bonds. The van der Waals surface area contributed by atoms with E-state index in [1.54, 1.807) is 6.33 Å². The third kappa shape index (κ3) is 3.40. The predicted octanol–water partition coefficient (Wildman–Crippen LogP) is 2.86. The van der Waals surface area contributed by atoms with Crippen molar-refractivity contribution in [1.82, 2.24) is 9.97 Å². The van der Waals surface area contributed by atoms with Gasteiger partial charge in [0.25, 0.3) is 0 Å². The number of para-hydroxylation sites is 1. The number of hydrogen-bond acceptors (Lipinski definition) is 4. The molecule has 1 heterocycles. The molecule has 1 aromatic heterocycles. The van der Waals surface area contributed by atoms with Crippen LogP contribution in [0.15, 0.2) is 30.6 Å². The van der Waals surface area contributed by atoms with Gasteiger partial charge >= 0.3 is 0 Å². The Balaban J connectivity index is 1.88. The Morgan fingerprint density at radius 2 is 2.06 bits per heavy atom. The monoisotopic (exact) mass is 245 g/mol. The highest BCUT2D eigenvalue weighted by molar-refractivity contribution is 5.88. The number of aromatic nitrogens is 2. The summed E-state index contributed by atoms with van der Waals surface area (Å²) in [6.45, 7) is 4.62. The maximum absolute atomic E-state index is 5.44. The molecular formula is C14H19N3O. The van der Waals surface area contributed by atoms with Crippen LogP contribution in [0.1, 0.15) is 19.8 Å². The van der Waals surface area contributed by atoms with Crippen molar-refractivity contribution < 1.29 is 4.74 Å². The van der Waals surface area contributed by atoms with Crippen molar-refractivity contribution in [2.24, 2.45) is 0 Å². The van der Waals surface area contributed by atoms with E-state index in [1.807, 2.05) is 24.3 Å². The van der Waals surface area contributed by atoms with E-state index in [0.29, 0.717) is 0 Å². The minimum atomic E-state index is 0.795. The smallest absolute Gasteiger partial charge is 0.137 e. The van der Waals surface area contributed by atoms with E-state index in [2.05, 4.69) is 22.2 Å². The van der Waals surface area contributed by atoms with Gasteiger partial charge in [0.2, 0.25) is 0 Å². The van der Waals surface area contributed by atoms with E-state index in [-0.39, 0.29) is 0 Å². The molecule has 2 rings (SSSR count). The van der Waals surface area contributed by atoms with Gasteiger partial charge in [-0.05, 0) is 25.0 Å². The van der Waals surface area contributed by atoms with Crippen LogP contribution >= 0.6 is 0 Å². The Labute approximate surface area is 107 Å². The van der Waals surface area contributed by atoms with Gasteiger partial charge in [-0.25, -0.2) is 9.97 Å². The van der Waals surface area contributed by atoms with Crippen molar-refractivity contribution >= 4 is 16.7 Å². The molecule has 0 unspecified atom stereocenters. The van der Waals surface area contributed by atoms with Crippen LogP contribution in [0.25, 0.3) is 10.9 Å². The van der Waals surface area contributed by atoms with Crippen LogP contribution in [0.5, 0.6) is 0 Å². The Hall–Kier alpha value is -1.68. The Morgan fingerprint density at radius 3 is 2.94 bits per heavy atom. The van der Waals surface area contributed by atoms with Crippen LogP contribution in [-0.2, 0) is 4.74 Å². The molecule has 0 spiro atoms. The molecule has 0 saturated carbocycles. The molecule has 0 radical (unpaired) electrons.